The normalized spacial score (nSPS) is 15.4. The molecule has 0 bridgehead atoms. The fraction of sp³-hybridized carbons (Fsp3) is 0.364. The molecule has 0 spiro atoms. The highest BCUT2D eigenvalue weighted by atomic mass is 16.7. The van der Waals surface area contributed by atoms with Crippen LogP contribution < -0.4 is 9.47 Å². The largest absolute Gasteiger partial charge is 0.454 e. The maximum Gasteiger partial charge on any atom is 0.334 e. The lowest BCUT2D eigenvalue weighted by Crippen LogP contribution is -2.37. The molecule has 0 N–H and O–H groups in total. The zero-order valence-electron chi connectivity index (χ0n) is 17.6. The molecule has 0 aliphatic carbocycles. The van der Waals surface area contributed by atoms with Gasteiger partial charge in [0.2, 0.25) is 6.79 Å². The molecular formula is C22H23N3O6. The molecule has 4 rings (SSSR count). The highest BCUT2D eigenvalue weighted by Gasteiger charge is 2.45. The van der Waals surface area contributed by atoms with E-state index in [2.05, 4.69) is 0 Å². The number of carbonyl (C=O) groups excluding carboxylic acids is 4. The molecule has 1 aromatic heterocycles. The van der Waals surface area contributed by atoms with Crippen LogP contribution in [0.1, 0.15) is 41.5 Å². The van der Waals surface area contributed by atoms with Gasteiger partial charge >= 0.3 is 17.8 Å². The minimum atomic E-state index is -0.959. The van der Waals surface area contributed by atoms with Crippen molar-refractivity contribution >= 4 is 23.6 Å². The molecule has 2 aromatic rings. The maximum absolute atomic E-state index is 13.0. The Kier molecular flexibility index (Phi) is 5.26. The molecule has 9 heteroatoms. The van der Waals surface area contributed by atoms with Gasteiger partial charge in [-0.15, -0.1) is 0 Å². The Balaban J connectivity index is 1.58. The van der Waals surface area contributed by atoms with Crippen molar-refractivity contribution in [3.05, 3.63) is 41.2 Å². The van der Waals surface area contributed by atoms with Crippen molar-refractivity contribution in [2.75, 3.05) is 19.9 Å². The Morgan fingerprint density at radius 3 is 2.45 bits per heavy atom. The van der Waals surface area contributed by atoms with Crippen LogP contribution in [0.5, 0.6) is 11.5 Å². The number of urea groups is 1. The zero-order valence-corrected chi connectivity index (χ0v) is 17.6. The highest BCUT2D eigenvalue weighted by Crippen LogP contribution is 2.35. The molecular weight excluding hydrogens is 402 g/mol. The van der Waals surface area contributed by atoms with Crippen molar-refractivity contribution in [2.24, 2.45) is 0 Å². The van der Waals surface area contributed by atoms with Crippen LogP contribution in [0.25, 0.3) is 5.69 Å². The van der Waals surface area contributed by atoms with Crippen LogP contribution in [-0.2, 0) is 9.59 Å². The number of amides is 4. The predicted octanol–water partition coefficient (Wildman–Crippen LogP) is 2.60. The number of aryl methyl sites for hydroxylation is 1. The molecule has 1 saturated heterocycles. The first kappa shape index (κ1) is 20.6. The minimum absolute atomic E-state index is 0.165. The molecule has 4 amide bonds. The molecule has 2 aliphatic rings. The molecule has 1 aromatic carbocycles. The molecule has 0 atom stereocenters. The maximum atomic E-state index is 13.0. The van der Waals surface area contributed by atoms with Crippen molar-refractivity contribution in [2.45, 2.75) is 33.6 Å². The average Bonchev–Trinajstić information content (AvgIpc) is 3.38. The van der Waals surface area contributed by atoms with Gasteiger partial charge < -0.3 is 14.0 Å². The molecule has 1 fully saturated rings. The van der Waals surface area contributed by atoms with Gasteiger partial charge in [-0.2, -0.15) is 0 Å². The molecule has 0 saturated carbocycles. The van der Waals surface area contributed by atoms with Gasteiger partial charge in [-0.3, -0.25) is 19.3 Å². The van der Waals surface area contributed by atoms with E-state index in [-0.39, 0.29) is 13.3 Å². The number of Topliss-reactive ketones (excluding diaryl/α,β-unsaturated/α-hetero) is 1. The smallest absolute Gasteiger partial charge is 0.334 e. The van der Waals surface area contributed by atoms with E-state index in [1.165, 1.54) is 0 Å². The second-order valence-electron chi connectivity index (χ2n) is 7.57. The minimum Gasteiger partial charge on any atom is -0.454 e. The third-order valence-electron chi connectivity index (χ3n) is 5.52. The average molecular weight is 425 g/mol. The number of hydrogen-bond donors (Lipinski definition) is 0. The topological polar surface area (TPSA) is 98.2 Å². The van der Waals surface area contributed by atoms with Gasteiger partial charge in [0, 0.05) is 35.2 Å². The summed E-state index contributed by atoms with van der Waals surface area (Å²) in [5.74, 6) is -0.967. The van der Waals surface area contributed by atoms with Gasteiger partial charge in [0.1, 0.15) is 0 Å². The van der Waals surface area contributed by atoms with Gasteiger partial charge in [0.25, 0.3) is 0 Å². The second kappa shape index (κ2) is 7.90. The highest BCUT2D eigenvalue weighted by molar-refractivity contribution is 6.45. The van der Waals surface area contributed by atoms with E-state index in [1.54, 1.807) is 19.1 Å². The van der Waals surface area contributed by atoms with E-state index in [0.29, 0.717) is 29.2 Å². The lowest BCUT2D eigenvalue weighted by molar-refractivity contribution is -0.143. The lowest BCUT2D eigenvalue weighted by Gasteiger charge is -2.15. The van der Waals surface area contributed by atoms with E-state index in [4.69, 9.17) is 9.47 Å². The Labute approximate surface area is 179 Å². The summed E-state index contributed by atoms with van der Waals surface area (Å²) in [6.45, 7) is 5.43. The van der Waals surface area contributed by atoms with Gasteiger partial charge in [-0.05, 0) is 38.5 Å². The molecule has 0 unspecified atom stereocenters. The Morgan fingerprint density at radius 2 is 1.71 bits per heavy atom. The fourth-order valence-electron chi connectivity index (χ4n) is 3.90. The monoisotopic (exact) mass is 425 g/mol. The summed E-state index contributed by atoms with van der Waals surface area (Å²) < 4.78 is 12.7. The van der Waals surface area contributed by atoms with E-state index >= 15 is 0 Å². The van der Waals surface area contributed by atoms with Crippen LogP contribution in [-0.4, -0.2) is 57.9 Å². The number of aromatic nitrogens is 1. The van der Waals surface area contributed by atoms with Gasteiger partial charge in [0.15, 0.2) is 17.3 Å². The van der Waals surface area contributed by atoms with Crippen molar-refractivity contribution in [3.63, 3.8) is 0 Å². The summed E-state index contributed by atoms with van der Waals surface area (Å²) in [6.07, 6.45) is 1.37. The summed E-state index contributed by atoms with van der Waals surface area (Å²) in [5, 5.41) is 0. The third kappa shape index (κ3) is 3.45. The number of rotatable bonds is 7. The van der Waals surface area contributed by atoms with Crippen LogP contribution in [0.4, 0.5) is 4.79 Å². The second-order valence-corrected chi connectivity index (χ2v) is 7.57. The van der Waals surface area contributed by atoms with Crippen molar-refractivity contribution in [3.8, 4) is 17.2 Å². The number of imide groups is 2. The molecule has 0 radical (unpaired) electrons. The summed E-state index contributed by atoms with van der Waals surface area (Å²) in [5.41, 5.74) is 2.65. The number of hydrogen-bond acceptors (Lipinski definition) is 6. The first-order valence-electron chi connectivity index (χ1n) is 10.1. The zero-order chi connectivity index (χ0) is 22.3. The van der Waals surface area contributed by atoms with Gasteiger partial charge in [-0.25, -0.2) is 9.69 Å². The van der Waals surface area contributed by atoms with Crippen LogP contribution in [0.2, 0.25) is 0 Å². The SMILES string of the molecule is CCCCN1C(=O)C(=O)N(CC(=O)c2cc(C)n(-c3ccc4c(c3)OCO4)c2C)C1=O. The van der Waals surface area contributed by atoms with Crippen molar-refractivity contribution in [1.82, 2.24) is 14.4 Å². The molecule has 2 aliphatic heterocycles. The molecule has 9 nitrogen and oxygen atoms in total. The number of fused-ring (bicyclic) bond motifs is 1. The van der Waals surface area contributed by atoms with E-state index in [0.717, 1.165) is 27.6 Å². The molecule has 31 heavy (non-hydrogen) atoms. The predicted molar refractivity (Wildman–Crippen MR) is 109 cm³/mol. The standard InChI is InChI=1S/C22H23N3O6/c1-4-5-8-23-20(27)21(28)24(22(23)29)11-17(26)16-9-13(2)25(14(16)3)15-6-7-18-19(10-15)31-12-30-18/h6-7,9-10H,4-5,8,11-12H2,1-3H3. The first-order valence-corrected chi connectivity index (χ1v) is 10.1. The Hall–Kier alpha value is -3.62. The van der Waals surface area contributed by atoms with Crippen LogP contribution in [0, 0.1) is 13.8 Å². The number of ketones is 1. The molecule has 162 valence electrons. The lowest BCUT2D eigenvalue weighted by atomic mass is 10.1. The van der Waals surface area contributed by atoms with Crippen molar-refractivity contribution < 1.29 is 28.7 Å². The number of ether oxygens (including phenoxy) is 2. The summed E-state index contributed by atoms with van der Waals surface area (Å²) in [7, 11) is 0. The first-order chi connectivity index (χ1) is 14.8. The number of unbranched alkanes of at least 4 members (excludes halogenated alkanes) is 1. The third-order valence-corrected chi connectivity index (χ3v) is 5.52. The van der Waals surface area contributed by atoms with Crippen molar-refractivity contribution in [1.29, 1.82) is 0 Å². The Morgan fingerprint density at radius 1 is 1.00 bits per heavy atom. The van der Waals surface area contributed by atoms with Crippen LogP contribution in [0.3, 0.4) is 0 Å². The van der Waals surface area contributed by atoms with Gasteiger partial charge in [-0.1, -0.05) is 13.3 Å². The Bertz CT molecular complexity index is 1100. The van der Waals surface area contributed by atoms with E-state index < -0.39 is 30.2 Å². The number of carbonyl (C=O) groups is 4. The van der Waals surface area contributed by atoms with E-state index in [1.807, 2.05) is 30.5 Å². The quantitative estimate of drug-likeness (QED) is 0.384. The molecule has 3 heterocycles. The van der Waals surface area contributed by atoms with E-state index in [9.17, 15) is 19.2 Å². The van der Waals surface area contributed by atoms with Crippen LogP contribution in [0.15, 0.2) is 24.3 Å². The summed E-state index contributed by atoms with van der Waals surface area (Å²) in [6, 6.07) is 6.47. The number of benzene rings is 1. The number of nitrogens with zero attached hydrogens (tertiary/aromatic N) is 3. The van der Waals surface area contributed by atoms with Crippen LogP contribution >= 0.6 is 0 Å². The summed E-state index contributed by atoms with van der Waals surface area (Å²) in [4.78, 5) is 51.5. The van der Waals surface area contributed by atoms with Gasteiger partial charge in [0.05, 0.1) is 6.54 Å². The fourth-order valence-corrected chi connectivity index (χ4v) is 3.90. The summed E-state index contributed by atoms with van der Waals surface area (Å²) >= 11 is 0.